The number of sulfone groups is 2. The molecule has 0 aliphatic carbocycles. The molecule has 0 aliphatic rings. The molecule has 0 amide bonds. The average Bonchev–Trinajstić information content (AvgIpc) is 2.71. The van der Waals surface area contributed by atoms with E-state index in [0.29, 0.717) is 9.79 Å². The van der Waals surface area contributed by atoms with Gasteiger partial charge in [0.2, 0.25) is 0 Å². The van der Waals surface area contributed by atoms with Gasteiger partial charge in [0.05, 0.1) is 9.79 Å². The number of hydrogen-bond acceptors (Lipinski definition) is 4. The molecule has 0 fully saturated rings. The maximum atomic E-state index is 11.5. The van der Waals surface area contributed by atoms with E-state index < -0.39 is 19.7 Å². The first kappa shape index (κ1) is 21.7. The van der Waals surface area contributed by atoms with Crippen LogP contribution >= 0.6 is 0 Å². The van der Waals surface area contributed by atoms with Gasteiger partial charge < -0.3 is 0 Å². The summed E-state index contributed by atoms with van der Waals surface area (Å²) in [4.78, 5) is 0.614. The van der Waals surface area contributed by atoms with E-state index >= 15 is 0 Å². The monoisotopic (exact) mass is 438 g/mol. The minimum atomic E-state index is -3.18. The van der Waals surface area contributed by atoms with Crippen LogP contribution in [-0.2, 0) is 19.7 Å². The molecule has 30 heavy (non-hydrogen) atoms. The molecule has 4 nitrogen and oxygen atoms in total. The SMILES string of the molecule is CS(=O)(=O)c1ccc(/C=C/c2ccc(/C=C/c3ccc(S(C)(=O)=O)cc3)cc2)cc1. The highest BCUT2D eigenvalue weighted by Crippen LogP contribution is 2.16. The van der Waals surface area contributed by atoms with E-state index in [-0.39, 0.29) is 0 Å². The summed E-state index contributed by atoms with van der Waals surface area (Å²) < 4.78 is 46.0. The van der Waals surface area contributed by atoms with E-state index in [4.69, 9.17) is 0 Å². The topological polar surface area (TPSA) is 68.3 Å². The summed E-state index contributed by atoms with van der Waals surface area (Å²) >= 11 is 0. The molecule has 0 spiro atoms. The first-order valence-corrected chi connectivity index (χ1v) is 13.0. The van der Waals surface area contributed by atoms with Crippen LogP contribution in [0.2, 0.25) is 0 Å². The molecule has 3 aromatic carbocycles. The predicted octanol–water partition coefficient (Wildman–Crippen LogP) is 4.83. The first-order valence-electron chi connectivity index (χ1n) is 9.18. The minimum absolute atomic E-state index is 0.307. The van der Waals surface area contributed by atoms with Crippen molar-refractivity contribution >= 4 is 44.0 Å². The van der Waals surface area contributed by atoms with Gasteiger partial charge in [-0.25, -0.2) is 16.8 Å². The minimum Gasteiger partial charge on any atom is -0.224 e. The van der Waals surface area contributed by atoms with Crippen LogP contribution < -0.4 is 0 Å². The van der Waals surface area contributed by atoms with Gasteiger partial charge >= 0.3 is 0 Å². The Balaban J connectivity index is 1.66. The highest BCUT2D eigenvalue weighted by Gasteiger charge is 2.06. The Morgan fingerprint density at radius 2 is 0.633 bits per heavy atom. The Morgan fingerprint density at radius 1 is 0.433 bits per heavy atom. The fourth-order valence-electron chi connectivity index (χ4n) is 2.76. The first-order chi connectivity index (χ1) is 14.1. The third-order valence-electron chi connectivity index (χ3n) is 4.49. The molecule has 0 saturated heterocycles. The molecule has 0 bridgehead atoms. The summed E-state index contributed by atoms with van der Waals surface area (Å²) in [6.07, 6.45) is 10.2. The fourth-order valence-corrected chi connectivity index (χ4v) is 4.02. The standard InChI is InChI=1S/C24H22O4S2/c1-29(25,26)23-15-11-21(12-16-23)9-7-19-3-5-20(6-4-19)8-10-22-13-17-24(18-14-22)30(2,27)28/h3-18H,1-2H3/b9-7+,10-8+. The third-order valence-corrected chi connectivity index (χ3v) is 6.75. The lowest BCUT2D eigenvalue weighted by Crippen LogP contribution is -1.96. The summed E-state index contributed by atoms with van der Waals surface area (Å²) in [6.45, 7) is 0. The second-order valence-electron chi connectivity index (χ2n) is 7.02. The smallest absolute Gasteiger partial charge is 0.175 e. The van der Waals surface area contributed by atoms with Crippen LogP contribution in [0.25, 0.3) is 24.3 Å². The van der Waals surface area contributed by atoms with Crippen molar-refractivity contribution in [2.45, 2.75) is 9.79 Å². The van der Waals surface area contributed by atoms with Crippen LogP contribution in [0.15, 0.2) is 82.6 Å². The molecule has 0 atom stereocenters. The Labute approximate surface area is 178 Å². The van der Waals surface area contributed by atoms with Crippen molar-refractivity contribution in [3.63, 3.8) is 0 Å². The van der Waals surface area contributed by atoms with Gasteiger partial charge in [-0.1, -0.05) is 72.8 Å². The van der Waals surface area contributed by atoms with E-state index in [9.17, 15) is 16.8 Å². The van der Waals surface area contributed by atoms with Crippen LogP contribution in [0.1, 0.15) is 22.3 Å². The summed E-state index contributed by atoms with van der Waals surface area (Å²) in [5, 5.41) is 0. The summed E-state index contributed by atoms with van der Waals surface area (Å²) in [5.41, 5.74) is 3.89. The van der Waals surface area contributed by atoms with Crippen LogP contribution in [0.3, 0.4) is 0 Å². The van der Waals surface area contributed by atoms with Crippen LogP contribution in [0, 0.1) is 0 Å². The Morgan fingerprint density at radius 3 is 0.833 bits per heavy atom. The summed E-state index contributed by atoms with van der Waals surface area (Å²) in [7, 11) is -6.37. The highest BCUT2D eigenvalue weighted by atomic mass is 32.2. The van der Waals surface area contributed by atoms with Gasteiger partial charge in [-0.2, -0.15) is 0 Å². The Hall–Kier alpha value is -2.96. The lowest BCUT2D eigenvalue weighted by molar-refractivity contribution is 0.600. The zero-order valence-electron chi connectivity index (χ0n) is 16.7. The molecule has 3 aromatic rings. The fraction of sp³-hybridized carbons (Fsp3) is 0.0833. The van der Waals surface area contributed by atoms with Gasteiger partial charge in [-0.15, -0.1) is 0 Å². The van der Waals surface area contributed by atoms with Gasteiger partial charge in [0.25, 0.3) is 0 Å². The van der Waals surface area contributed by atoms with Crippen LogP contribution in [0.4, 0.5) is 0 Å². The van der Waals surface area contributed by atoms with E-state index in [1.807, 2.05) is 48.6 Å². The van der Waals surface area contributed by atoms with Crippen molar-refractivity contribution in [3.05, 3.63) is 95.1 Å². The molecule has 0 aliphatic heterocycles. The molecule has 0 saturated carbocycles. The van der Waals surface area contributed by atoms with Gasteiger partial charge in [0, 0.05) is 12.5 Å². The molecule has 6 heteroatoms. The highest BCUT2D eigenvalue weighted by molar-refractivity contribution is 7.91. The summed E-state index contributed by atoms with van der Waals surface area (Å²) in [5.74, 6) is 0. The summed E-state index contributed by atoms with van der Waals surface area (Å²) in [6, 6.07) is 21.5. The van der Waals surface area contributed by atoms with E-state index in [1.165, 1.54) is 12.5 Å². The van der Waals surface area contributed by atoms with Gasteiger partial charge in [-0.05, 0) is 46.5 Å². The Bertz CT molecular complexity index is 1180. The lowest BCUT2D eigenvalue weighted by Gasteiger charge is -2.00. The van der Waals surface area contributed by atoms with E-state index in [1.54, 1.807) is 48.5 Å². The number of hydrogen-bond donors (Lipinski definition) is 0. The normalized spacial score (nSPS) is 12.6. The number of benzene rings is 3. The second-order valence-corrected chi connectivity index (χ2v) is 11.0. The second kappa shape index (κ2) is 8.81. The zero-order valence-corrected chi connectivity index (χ0v) is 18.3. The van der Waals surface area contributed by atoms with Crippen molar-refractivity contribution in [1.29, 1.82) is 0 Å². The van der Waals surface area contributed by atoms with Crippen LogP contribution in [-0.4, -0.2) is 29.3 Å². The third kappa shape index (κ3) is 6.02. The largest absolute Gasteiger partial charge is 0.224 e. The molecule has 154 valence electrons. The quantitative estimate of drug-likeness (QED) is 0.517. The Kier molecular flexibility index (Phi) is 6.39. The van der Waals surface area contributed by atoms with Crippen molar-refractivity contribution < 1.29 is 16.8 Å². The average molecular weight is 439 g/mol. The van der Waals surface area contributed by atoms with Crippen molar-refractivity contribution in [2.24, 2.45) is 0 Å². The molecule has 0 radical (unpaired) electrons. The molecule has 3 rings (SSSR count). The maximum Gasteiger partial charge on any atom is 0.175 e. The number of rotatable bonds is 6. The van der Waals surface area contributed by atoms with Crippen LogP contribution in [0.5, 0.6) is 0 Å². The van der Waals surface area contributed by atoms with Gasteiger partial charge in [-0.3, -0.25) is 0 Å². The lowest BCUT2D eigenvalue weighted by atomic mass is 10.1. The van der Waals surface area contributed by atoms with Crippen molar-refractivity contribution in [3.8, 4) is 0 Å². The van der Waals surface area contributed by atoms with Crippen molar-refractivity contribution in [1.82, 2.24) is 0 Å². The molecular formula is C24H22O4S2. The van der Waals surface area contributed by atoms with E-state index in [0.717, 1.165) is 22.3 Å². The molecule has 0 heterocycles. The maximum absolute atomic E-state index is 11.5. The molecule has 0 N–H and O–H groups in total. The van der Waals surface area contributed by atoms with Gasteiger partial charge in [0.1, 0.15) is 0 Å². The molecular weight excluding hydrogens is 416 g/mol. The zero-order chi connectivity index (χ0) is 21.8. The molecule has 0 aromatic heterocycles. The van der Waals surface area contributed by atoms with E-state index in [2.05, 4.69) is 0 Å². The van der Waals surface area contributed by atoms with Crippen molar-refractivity contribution in [2.75, 3.05) is 12.5 Å². The van der Waals surface area contributed by atoms with Gasteiger partial charge in [0.15, 0.2) is 19.7 Å². The predicted molar refractivity (Wildman–Crippen MR) is 123 cm³/mol. The molecule has 0 unspecified atom stereocenters.